The Morgan fingerprint density at radius 3 is 3.10 bits per heavy atom. The van der Waals surface area contributed by atoms with Crippen molar-refractivity contribution in [2.45, 2.75) is 32.2 Å². The zero-order valence-electron chi connectivity index (χ0n) is 12.0. The van der Waals surface area contributed by atoms with Crippen LogP contribution in [0.2, 0.25) is 0 Å². The fourth-order valence-electron chi connectivity index (χ4n) is 2.81. The van der Waals surface area contributed by atoms with E-state index in [2.05, 4.69) is 9.97 Å². The molecule has 0 saturated carbocycles. The molecule has 2 aromatic heterocycles. The van der Waals surface area contributed by atoms with Crippen LogP contribution in [0.3, 0.4) is 0 Å². The molecule has 0 saturated heterocycles. The number of nitriles is 1. The summed E-state index contributed by atoms with van der Waals surface area (Å²) in [5, 5.41) is 9.90. The summed E-state index contributed by atoms with van der Waals surface area (Å²) in [4.78, 5) is 22.9. The third-order valence-electron chi connectivity index (χ3n) is 3.85. The number of nitrogens with zero attached hydrogens (tertiary/aromatic N) is 3. The van der Waals surface area contributed by atoms with Gasteiger partial charge >= 0.3 is 0 Å². The number of aryl methyl sites for hydroxylation is 2. The van der Waals surface area contributed by atoms with Gasteiger partial charge < -0.3 is 9.88 Å². The minimum atomic E-state index is -0.0830. The zero-order valence-corrected chi connectivity index (χ0v) is 12.8. The first-order chi connectivity index (χ1) is 10.1. The maximum absolute atomic E-state index is 12.6. The summed E-state index contributed by atoms with van der Waals surface area (Å²) in [6.07, 6.45) is 3.01. The third-order valence-corrected chi connectivity index (χ3v) is 4.97. The van der Waals surface area contributed by atoms with Crippen LogP contribution < -0.4 is 0 Å². The summed E-state index contributed by atoms with van der Waals surface area (Å²) in [6.45, 7) is 2.01. The minimum absolute atomic E-state index is 0.0830. The molecule has 0 fully saturated rings. The molecule has 0 aromatic carbocycles. The van der Waals surface area contributed by atoms with Crippen molar-refractivity contribution >= 4 is 17.2 Å². The third kappa shape index (κ3) is 2.45. The summed E-state index contributed by atoms with van der Waals surface area (Å²) < 4.78 is 0. The van der Waals surface area contributed by atoms with Crippen molar-refractivity contribution in [1.29, 1.82) is 5.26 Å². The number of carbonyl (C=O) groups is 1. The lowest BCUT2D eigenvalue weighted by Gasteiger charge is -2.30. The quantitative estimate of drug-likeness (QED) is 0.927. The highest BCUT2D eigenvalue weighted by molar-refractivity contribution is 7.11. The lowest BCUT2D eigenvalue weighted by atomic mass is 9.97. The van der Waals surface area contributed by atoms with Crippen LogP contribution in [0.15, 0.2) is 12.1 Å². The average Bonchev–Trinajstić information content (AvgIpc) is 3.10. The van der Waals surface area contributed by atoms with Gasteiger partial charge in [-0.05, 0) is 38.3 Å². The van der Waals surface area contributed by atoms with E-state index in [-0.39, 0.29) is 11.9 Å². The predicted octanol–water partition coefficient (Wildman–Crippen LogP) is 2.80. The van der Waals surface area contributed by atoms with Crippen LogP contribution in [0.4, 0.5) is 0 Å². The van der Waals surface area contributed by atoms with Crippen molar-refractivity contribution < 1.29 is 4.79 Å². The van der Waals surface area contributed by atoms with Crippen LogP contribution in [0.1, 0.15) is 50.6 Å². The van der Waals surface area contributed by atoms with E-state index < -0.39 is 0 Å². The standard InChI is InChI=1S/C15H16N4OS/c1-9-17-11-4-3-5-13(14(11)21-9)19(2)15(20)12-7-6-10(8-16)18-12/h6-7,13,18H,3-5H2,1-2H3. The first-order valence-corrected chi connectivity index (χ1v) is 7.74. The van der Waals surface area contributed by atoms with Crippen LogP contribution in [-0.2, 0) is 6.42 Å². The van der Waals surface area contributed by atoms with E-state index in [0.29, 0.717) is 11.4 Å². The molecule has 108 valence electrons. The van der Waals surface area contributed by atoms with Gasteiger partial charge in [-0.3, -0.25) is 4.79 Å². The van der Waals surface area contributed by atoms with Crippen LogP contribution in [0.5, 0.6) is 0 Å². The summed E-state index contributed by atoms with van der Waals surface area (Å²) in [6, 6.07) is 5.38. The van der Waals surface area contributed by atoms with Gasteiger partial charge in [-0.1, -0.05) is 0 Å². The maximum atomic E-state index is 12.6. The largest absolute Gasteiger partial charge is 0.342 e. The van der Waals surface area contributed by atoms with Gasteiger partial charge in [-0.15, -0.1) is 11.3 Å². The number of thiazole rings is 1. The van der Waals surface area contributed by atoms with Crippen molar-refractivity contribution in [3.8, 4) is 6.07 Å². The Bertz CT molecular complexity index is 724. The molecule has 0 bridgehead atoms. The van der Waals surface area contributed by atoms with Crippen molar-refractivity contribution in [2.75, 3.05) is 7.05 Å². The van der Waals surface area contributed by atoms with Crippen LogP contribution >= 0.6 is 11.3 Å². The Hall–Kier alpha value is -2.13. The van der Waals surface area contributed by atoms with Crippen LogP contribution in [0, 0.1) is 18.3 Å². The number of H-pyrrole nitrogens is 1. The molecule has 1 unspecified atom stereocenters. The molecule has 5 nitrogen and oxygen atoms in total. The van der Waals surface area contributed by atoms with Gasteiger partial charge in [0.1, 0.15) is 17.5 Å². The van der Waals surface area contributed by atoms with Gasteiger partial charge in [0.2, 0.25) is 0 Å². The Morgan fingerprint density at radius 2 is 2.38 bits per heavy atom. The summed E-state index contributed by atoms with van der Waals surface area (Å²) >= 11 is 1.68. The van der Waals surface area contributed by atoms with Crippen LogP contribution in [0.25, 0.3) is 0 Å². The Balaban J connectivity index is 1.87. The number of aromatic nitrogens is 2. The Labute approximate surface area is 127 Å². The number of fused-ring (bicyclic) bond motifs is 1. The molecule has 1 N–H and O–H groups in total. The molecule has 1 aliphatic carbocycles. The highest BCUT2D eigenvalue weighted by atomic mass is 32.1. The number of nitrogens with one attached hydrogen (secondary N) is 1. The lowest BCUT2D eigenvalue weighted by molar-refractivity contribution is 0.0712. The van der Waals surface area contributed by atoms with Gasteiger partial charge in [-0.25, -0.2) is 4.98 Å². The fourth-order valence-corrected chi connectivity index (χ4v) is 3.96. The molecule has 1 aliphatic rings. The number of rotatable bonds is 2. The monoisotopic (exact) mass is 300 g/mol. The van der Waals surface area contributed by atoms with Crippen molar-refractivity contribution in [3.05, 3.63) is 39.1 Å². The van der Waals surface area contributed by atoms with Crippen molar-refractivity contribution in [3.63, 3.8) is 0 Å². The van der Waals surface area contributed by atoms with Crippen LogP contribution in [-0.4, -0.2) is 27.8 Å². The lowest BCUT2D eigenvalue weighted by Crippen LogP contribution is -2.33. The average molecular weight is 300 g/mol. The molecule has 1 amide bonds. The van der Waals surface area contributed by atoms with Gasteiger partial charge in [0.05, 0.1) is 21.6 Å². The second-order valence-electron chi connectivity index (χ2n) is 5.27. The van der Waals surface area contributed by atoms with E-state index in [9.17, 15) is 4.79 Å². The number of hydrogen-bond acceptors (Lipinski definition) is 4. The second-order valence-corrected chi connectivity index (χ2v) is 6.50. The number of hydrogen-bond donors (Lipinski definition) is 1. The molecule has 2 heterocycles. The SMILES string of the molecule is Cc1nc2c(s1)C(N(C)C(=O)c1ccc(C#N)[nH]1)CCC2. The fraction of sp³-hybridized carbons (Fsp3) is 0.400. The number of amides is 1. The molecular weight excluding hydrogens is 284 g/mol. The van der Waals surface area contributed by atoms with Crippen molar-refractivity contribution in [1.82, 2.24) is 14.9 Å². The summed E-state index contributed by atoms with van der Waals surface area (Å²) in [5.74, 6) is -0.0830. The topological polar surface area (TPSA) is 72.8 Å². The molecule has 0 aliphatic heterocycles. The van der Waals surface area contributed by atoms with E-state index in [1.807, 2.05) is 20.0 Å². The smallest absolute Gasteiger partial charge is 0.270 e. The van der Waals surface area contributed by atoms with Crippen molar-refractivity contribution in [2.24, 2.45) is 0 Å². The molecule has 21 heavy (non-hydrogen) atoms. The highest BCUT2D eigenvalue weighted by Crippen LogP contribution is 2.37. The van der Waals surface area contributed by atoms with Gasteiger partial charge in [0.25, 0.3) is 5.91 Å². The first kappa shape index (κ1) is 13.8. The zero-order chi connectivity index (χ0) is 15.0. The van der Waals surface area contributed by atoms with E-state index in [1.54, 1.807) is 28.4 Å². The minimum Gasteiger partial charge on any atom is -0.342 e. The highest BCUT2D eigenvalue weighted by Gasteiger charge is 2.30. The molecule has 2 aromatic rings. The number of carbonyl (C=O) groups excluding carboxylic acids is 1. The molecule has 3 rings (SSSR count). The molecule has 0 radical (unpaired) electrons. The van der Waals surface area contributed by atoms with E-state index in [4.69, 9.17) is 5.26 Å². The first-order valence-electron chi connectivity index (χ1n) is 6.92. The van der Waals surface area contributed by atoms with Gasteiger partial charge in [0.15, 0.2) is 0 Å². The number of aromatic amines is 1. The molecule has 0 spiro atoms. The van der Waals surface area contributed by atoms with E-state index in [0.717, 1.165) is 30.0 Å². The predicted molar refractivity (Wildman–Crippen MR) is 80.1 cm³/mol. The van der Waals surface area contributed by atoms with Gasteiger partial charge in [-0.2, -0.15) is 5.26 Å². The van der Waals surface area contributed by atoms with Gasteiger partial charge in [0, 0.05) is 7.05 Å². The normalized spacial score (nSPS) is 17.1. The van der Waals surface area contributed by atoms with E-state index >= 15 is 0 Å². The maximum Gasteiger partial charge on any atom is 0.270 e. The molecule has 6 heteroatoms. The molecule has 1 atom stereocenters. The Kier molecular flexibility index (Phi) is 3.52. The van der Waals surface area contributed by atoms with E-state index in [1.165, 1.54) is 4.88 Å². The second kappa shape index (κ2) is 5.34. The molecular formula is C15H16N4OS. The Morgan fingerprint density at radius 1 is 1.57 bits per heavy atom. The summed E-state index contributed by atoms with van der Waals surface area (Å²) in [5.41, 5.74) is 2.00. The summed E-state index contributed by atoms with van der Waals surface area (Å²) in [7, 11) is 1.82.